The molecule has 0 aliphatic rings. The number of benzene rings is 2. The monoisotopic (exact) mass is 1680 g/mol. The standard InChI is InChI=1S/2C14H14N4.8Mo.26O/c2*1-2-13(9-17-6-4-15-11-17)8-14(3-1)10-18-7-5-16-12-18;;;;;;;;;;;;;;;;;;;;;;;;;;;;;;;;;;/h2*1-8,11-12H,9-10H2;;;;;;;;;;;;;;;;;;;;;;;;;;;;;;;;;;/q;;;;;;;;;;26*-2/p+4. The van der Waals surface area contributed by atoms with Crippen LogP contribution in [0, 0.1) is 0 Å². The molecule has 0 aliphatic heterocycles. The predicted octanol–water partition coefficient (Wildman–Crippen LogP) is -1.08. The Bertz CT molecular complexity index is 1300. The fourth-order valence-corrected chi connectivity index (χ4v) is 4.17. The van der Waals surface area contributed by atoms with Crippen LogP contribution in [0.2, 0.25) is 0 Å². The number of hydrogen-bond acceptors (Lipinski definition) is 0. The molecule has 0 radical (unpaired) electrons. The molecule has 42 heteroatoms. The third-order valence-corrected chi connectivity index (χ3v) is 5.85. The second-order valence-corrected chi connectivity index (χ2v) is 8.78. The summed E-state index contributed by atoms with van der Waals surface area (Å²) in [7, 11) is 0. The molecule has 4 heterocycles. The van der Waals surface area contributed by atoms with Crippen LogP contribution >= 0.6 is 0 Å². The molecule has 436 valence electrons. The number of rotatable bonds is 8. The predicted molar refractivity (Wildman–Crippen MR) is 151 cm³/mol. The molecule has 0 unspecified atom stereocenters. The third kappa shape index (κ3) is 74.3. The molecule has 6 aromatic rings. The van der Waals surface area contributed by atoms with E-state index in [4.69, 9.17) is 0 Å². The summed E-state index contributed by atoms with van der Waals surface area (Å²) in [5, 5.41) is 0. The van der Waals surface area contributed by atoms with Gasteiger partial charge >= 0.3 is 0 Å². The molecular weight excluding hydrogens is 1630 g/mol. The van der Waals surface area contributed by atoms with Gasteiger partial charge in [0.1, 0.15) is 75.8 Å². The summed E-state index contributed by atoms with van der Waals surface area (Å²) in [5.41, 5.74) is 5.25. The zero-order valence-corrected chi connectivity index (χ0v) is 50.1. The first-order chi connectivity index (χ1) is 17.8. The normalized spacial score (nSPS) is 5.49. The summed E-state index contributed by atoms with van der Waals surface area (Å²) in [6.07, 6.45) is 23.7. The molecule has 34 nitrogen and oxygen atoms in total. The van der Waals surface area contributed by atoms with Gasteiger partial charge in [0.15, 0.2) is 0 Å². The minimum atomic E-state index is 0. The van der Waals surface area contributed by atoms with Crippen LogP contribution in [-0.2, 0) is 337 Å². The van der Waals surface area contributed by atoms with E-state index >= 15 is 0 Å². The van der Waals surface area contributed by atoms with E-state index in [0.29, 0.717) is 0 Å². The zero-order chi connectivity index (χ0) is 24.4. The molecule has 0 atom stereocenters. The molecule has 4 aromatic heterocycles. The van der Waals surface area contributed by atoms with Gasteiger partial charge in [0.2, 0.25) is 25.3 Å². The van der Waals surface area contributed by atoms with Crippen LogP contribution < -0.4 is 18.3 Å². The van der Waals surface area contributed by atoms with Crippen molar-refractivity contribution >= 4 is 0 Å². The second kappa shape index (κ2) is 118. The van der Waals surface area contributed by atoms with Crippen molar-refractivity contribution in [2.24, 2.45) is 0 Å². The van der Waals surface area contributed by atoms with Crippen molar-refractivity contribution in [3.63, 3.8) is 0 Å². The quantitative estimate of drug-likeness (QED) is 0.104. The first kappa shape index (κ1) is 209. The van der Waals surface area contributed by atoms with Gasteiger partial charge in [-0.1, -0.05) is 36.4 Å². The van der Waals surface area contributed by atoms with Crippen molar-refractivity contribution in [1.82, 2.24) is 19.9 Å². The third-order valence-electron chi connectivity index (χ3n) is 5.85. The number of nitrogens with one attached hydrogen (secondary N) is 4. The molecule has 0 saturated heterocycles. The van der Waals surface area contributed by atoms with Crippen molar-refractivity contribution in [3.05, 3.63) is 146 Å². The van der Waals surface area contributed by atoms with Gasteiger partial charge in [-0.3, -0.25) is 19.9 Å². The number of nitrogens with zero attached hydrogens (tertiary/aromatic N) is 4. The van der Waals surface area contributed by atoms with Crippen molar-refractivity contribution in [2.75, 3.05) is 0 Å². The van der Waals surface area contributed by atoms with Crippen LogP contribution in [0.25, 0.3) is 0 Å². The van der Waals surface area contributed by atoms with Gasteiger partial charge in [0.25, 0.3) is 0 Å². The van der Waals surface area contributed by atoms with Crippen molar-refractivity contribution in [1.29, 1.82) is 0 Å². The fraction of sp³-hybridized carbons (Fsp3) is 0.143. The SMILES string of the molecule is [Mo].[Mo].[Mo].[Mo].[Mo].[Mo].[Mo].[Mo].[O-2].[O-2].[O-2].[O-2].[O-2].[O-2].[O-2].[O-2].[O-2].[O-2].[O-2].[O-2].[O-2].[O-2].[O-2].[O-2].[O-2].[O-2].[O-2].[O-2].[O-2].[O-2].[O-2].[O-2].[O-2].[O-2].c1cc(C[n+]2cc[nH]c2)cc(C[n+]2cc[nH]c2)c1.c1cc(C[n+]2cc[nH]c2)cc(C[n+]2cc[nH]c2)c1. The van der Waals surface area contributed by atoms with Crippen LogP contribution in [0.1, 0.15) is 22.3 Å². The molecule has 0 aliphatic carbocycles. The first-order valence-corrected chi connectivity index (χ1v) is 12.0. The van der Waals surface area contributed by atoms with Gasteiger partial charge < -0.3 is 142 Å². The van der Waals surface area contributed by atoms with E-state index in [1.54, 1.807) is 0 Å². The number of aromatic nitrogens is 8. The maximum Gasteiger partial charge on any atom is 0.241 e. The maximum absolute atomic E-state index is 3.06. The molecule has 0 fully saturated rings. The Labute approximate surface area is 515 Å². The molecular formula is C28H32Mo8N8O26-48. The van der Waals surface area contributed by atoms with E-state index < -0.39 is 0 Å². The average molecular weight is 1660 g/mol. The summed E-state index contributed by atoms with van der Waals surface area (Å²) < 4.78 is 8.51. The van der Waals surface area contributed by atoms with Crippen LogP contribution in [0.15, 0.2) is 123 Å². The number of imidazole rings is 4. The summed E-state index contributed by atoms with van der Waals surface area (Å²) in [6.45, 7) is 3.59. The molecule has 2 aromatic carbocycles. The Balaban J connectivity index is -0.0000000110. The van der Waals surface area contributed by atoms with E-state index in [9.17, 15) is 0 Å². The summed E-state index contributed by atoms with van der Waals surface area (Å²) in [5.74, 6) is 0. The van der Waals surface area contributed by atoms with Crippen LogP contribution in [0.5, 0.6) is 0 Å². The Kier molecular flexibility index (Phi) is 351. The first-order valence-electron chi connectivity index (χ1n) is 12.0. The van der Waals surface area contributed by atoms with E-state index in [-0.39, 0.29) is 311 Å². The molecule has 4 N–H and O–H groups in total. The Hall–Kier alpha value is -0.254. The van der Waals surface area contributed by atoms with Gasteiger partial charge in [-0.2, -0.15) is 0 Å². The molecule has 0 spiro atoms. The summed E-state index contributed by atoms with van der Waals surface area (Å²) >= 11 is 0. The van der Waals surface area contributed by atoms with Crippen molar-refractivity contribution in [2.45, 2.75) is 26.2 Å². The van der Waals surface area contributed by atoms with Gasteiger partial charge in [-0.05, 0) is 34.4 Å². The molecule has 70 heavy (non-hydrogen) atoms. The molecule has 0 amide bonds. The minimum Gasteiger partial charge on any atom is -2.00 e. The number of H-pyrrole nitrogens is 4. The number of aromatic amines is 4. The maximum atomic E-state index is 3.06. The summed E-state index contributed by atoms with van der Waals surface area (Å²) in [6, 6.07) is 17.4. The van der Waals surface area contributed by atoms with Crippen molar-refractivity contribution in [3.8, 4) is 0 Å². The average Bonchev–Trinajstić information content (AvgIpc) is 3.70. The van der Waals surface area contributed by atoms with Crippen LogP contribution in [-0.4, -0.2) is 19.9 Å². The van der Waals surface area contributed by atoms with E-state index in [2.05, 4.69) is 86.7 Å². The zero-order valence-electron chi connectivity index (χ0n) is 34.0. The Morgan fingerprint density at radius 3 is 0.500 bits per heavy atom. The minimum absolute atomic E-state index is 0. The second-order valence-electron chi connectivity index (χ2n) is 8.78. The molecule has 0 saturated carbocycles. The number of hydrogen-bond donors (Lipinski definition) is 4. The largest absolute Gasteiger partial charge is 2.00 e. The van der Waals surface area contributed by atoms with Gasteiger partial charge in [0, 0.05) is 169 Å². The van der Waals surface area contributed by atoms with Gasteiger partial charge in [0.05, 0.1) is 0 Å². The molecule has 6 rings (SSSR count). The van der Waals surface area contributed by atoms with Gasteiger partial charge in [-0.15, -0.1) is 0 Å². The van der Waals surface area contributed by atoms with E-state index in [1.165, 1.54) is 22.3 Å². The smallest absolute Gasteiger partial charge is 0.241 e. The molecule has 0 bridgehead atoms. The van der Waals surface area contributed by atoms with Crippen LogP contribution in [0.3, 0.4) is 0 Å². The van der Waals surface area contributed by atoms with Crippen LogP contribution in [0.4, 0.5) is 0 Å². The Morgan fingerprint density at radius 2 is 0.386 bits per heavy atom. The van der Waals surface area contributed by atoms with E-state index in [1.807, 2.05) is 74.9 Å². The summed E-state index contributed by atoms with van der Waals surface area (Å²) in [4.78, 5) is 12.2. The van der Waals surface area contributed by atoms with Gasteiger partial charge in [-0.25, -0.2) is 18.3 Å². The Morgan fingerprint density at radius 1 is 0.243 bits per heavy atom. The van der Waals surface area contributed by atoms with Crippen molar-refractivity contribution < 1.29 is 329 Å². The van der Waals surface area contributed by atoms with E-state index in [0.717, 1.165) is 26.2 Å². The topological polar surface area (TPSA) is 820 Å². The fourth-order valence-electron chi connectivity index (χ4n) is 4.17.